The maximum atomic E-state index is 14.0. The van der Waals surface area contributed by atoms with Gasteiger partial charge in [0.1, 0.15) is 11.5 Å². The third kappa shape index (κ3) is 3.80. The first-order chi connectivity index (χ1) is 10.9. The van der Waals surface area contributed by atoms with E-state index in [0.29, 0.717) is 5.69 Å². The summed E-state index contributed by atoms with van der Waals surface area (Å²) in [5.74, 6) is -1.04. The van der Waals surface area contributed by atoms with Crippen LogP contribution in [0.25, 0.3) is 5.69 Å². The fourth-order valence-corrected chi connectivity index (χ4v) is 2.09. The lowest BCUT2D eigenvalue weighted by atomic mass is 10.2. The number of amides is 1. The van der Waals surface area contributed by atoms with Crippen LogP contribution in [0, 0.1) is 12.7 Å². The number of likely N-dealkylation sites (N-methyl/N-ethyl adjacent to an activating group) is 1. The smallest absolute Gasteiger partial charge is 0.278 e. The van der Waals surface area contributed by atoms with Gasteiger partial charge in [-0.2, -0.15) is 5.10 Å². The number of nitrogens with two attached hydrogens (primary N) is 1. The lowest BCUT2D eigenvalue weighted by Gasteiger charge is -2.23. The third-order valence-corrected chi connectivity index (χ3v) is 3.71. The van der Waals surface area contributed by atoms with Crippen molar-refractivity contribution in [2.45, 2.75) is 19.9 Å². The minimum Gasteiger partial charge on any atom is -0.336 e. The first-order valence-electron chi connectivity index (χ1n) is 7.20. The molecule has 6 nitrogen and oxygen atoms in total. The molecule has 2 rings (SSSR count). The first kappa shape index (κ1) is 19.8. The molecule has 0 radical (unpaired) electrons. The molecule has 8 heteroatoms. The number of aryl methyl sites for hydroxylation is 1. The van der Waals surface area contributed by atoms with Crippen LogP contribution in [-0.4, -0.2) is 40.2 Å². The lowest BCUT2D eigenvalue weighted by molar-refractivity contribution is 0.0739. The van der Waals surface area contributed by atoms with E-state index < -0.39 is 17.2 Å². The molecule has 1 aromatic carbocycles. The number of carbonyl (C=O) groups is 1. The Bertz CT molecular complexity index is 794. The van der Waals surface area contributed by atoms with Gasteiger partial charge in [0.25, 0.3) is 5.91 Å². The van der Waals surface area contributed by atoms with Crippen molar-refractivity contribution in [2.24, 2.45) is 5.73 Å². The number of benzene rings is 1. The summed E-state index contributed by atoms with van der Waals surface area (Å²) >= 11 is 0. The van der Waals surface area contributed by atoms with Gasteiger partial charge in [0.05, 0.1) is 0 Å². The van der Waals surface area contributed by atoms with Gasteiger partial charge in [-0.15, -0.1) is 12.4 Å². The largest absolute Gasteiger partial charge is 0.336 e. The number of rotatable bonds is 4. The molecule has 0 aliphatic rings. The molecule has 0 aliphatic heterocycles. The Kier molecular flexibility index (Phi) is 6.62. The summed E-state index contributed by atoms with van der Waals surface area (Å²) in [6, 6.07) is 7.06. The van der Waals surface area contributed by atoms with Crippen molar-refractivity contribution in [3.8, 4) is 5.69 Å². The van der Waals surface area contributed by atoms with Crippen molar-refractivity contribution in [1.29, 1.82) is 0 Å². The van der Waals surface area contributed by atoms with Crippen LogP contribution in [0.1, 0.15) is 23.1 Å². The Hall–Kier alpha value is -2.25. The van der Waals surface area contributed by atoms with Gasteiger partial charge in [0, 0.05) is 31.4 Å². The molecule has 0 bridgehead atoms. The van der Waals surface area contributed by atoms with Crippen molar-refractivity contribution in [3.63, 3.8) is 0 Å². The molecule has 1 amide bonds. The molecule has 130 valence electrons. The van der Waals surface area contributed by atoms with Gasteiger partial charge >= 0.3 is 0 Å². The van der Waals surface area contributed by atoms with Crippen molar-refractivity contribution < 1.29 is 9.18 Å². The average molecular weight is 355 g/mol. The fourth-order valence-electron chi connectivity index (χ4n) is 2.09. The number of nitrogens with zero attached hydrogens (tertiary/aromatic N) is 3. The van der Waals surface area contributed by atoms with Gasteiger partial charge in [-0.25, -0.2) is 9.07 Å². The zero-order valence-corrected chi connectivity index (χ0v) is 14.5. The minimum absolute atomic E-state index is 0. The quantitative estimate of drug-likeness (QED) is 0.902. The number of carbonyl (C=O) groups excluding carboxylic acids is 1. The Morgan fingerprint density at radius 3 is 2.62 bits per heavy atom. The van der Waals surface area contributed by atoms with Crippen molar-refractivity contribution in [2.75, 3.05) is 13.6 Å². The first-order valence-corrected chi connectivity index (χ1v) is 7.20. The van der Waals surface area contributed by atoms with E-state index in [1.54, 1.807) is 33.0 Å². The van der Waals surface area contributed by atoms with E-state index in [0.717, 1.165) is 0 Å². The molecule has 2 aromatic rings. The molecular weight excluding hydrogens is 335 g/mol. The monoisotopic (exact) mass is 354 g/mol. The molecule has 0 aliphatic carbocycles. The van der Waals surface area contributed by atoms with Crippen LogP contribution in [0.5, 0.6) is 0 Å². The summed E-state index contributed by atoms with van der Waals surface area (Å²) in [4.78, 5) is 25.9. The number of hydrogen-bond donors (Lipinski definition) is 1. The van der Waals surface area contributed by atoms with Gasteiger partial charge in [0.2, 0.25) is 5.43 Å². The molecule has 24 heavy (non-hydrogen) atoms. The second-order valence-electron chi connectivity index (χ2n) is 5.36. The van der Waals surface area contributed by atoms with Gasteiger partial charge < -0.3 is 10.6 Å². The summed E-state index contributed by atoms with van der Waals surface area (Å²) in [6.45, 7) is 3.65. The summed E-state index contributed by atoms with van der Waals surface area (Å²) in [6.07, 6.45) is 0. The average Bonchev–Trinajstić information content (AvgIpc) is 2.54. The number of aromatic nitrogens is 2. The zero-order chi connectivity index (χ0) is 17.1. The van der Waals surface area contributed by atoms with E-state index in [9.17, 15) is 14.0 Å². The molecule has 1 heterocycles. The van der Waals surface area contributed by atoms with Gasteiger partial charge in [-0.05, 0) is 26.0 Å². The maximum absolute atomic E-state index is 14.0. The Morgan fingerprint density at radius 1 is 1.42 bits per heavy atom. The molecular formula is C16H20ClFN4O2. The van der Waals surface area contributed by atoms with Crippen LogP contribution < -0.4 is 11.2 Å². The highest BCUT2D eigenvalue weighted by atomic mass is 35.5. The molecule has 2 N–H and O–H groups in total. The third-order valence-electron chi connectivity index (χ3n) is 3.71. The fraction of sp³-hybridized carbons (Fsp3) is 0.312. The van der Waals surface area contributed by atoms with E-state index in [2.05, 4.69) is 5.10 Å². The van der Waals surface area contributed by atoms with E-state index >= 15 is 0 Å². The summed E-state index contributed by atoms with van der Waals surface area (Å²) < 4.78 is 15.2. The van der Waals surface area contributed by atoms with Crippen molar-refractivity contribution in [3.05, 3.63) is 57.8 Å². The van der Waals surface area contributed by atoms with Crippen LogP contribution >= 0.6 is 12.4 Å². The van der Waals surface area contributed by atoms with E-state index in [1.807, 2.05) is 0 Å². The second-order valence-corrected chi connectivity index (χ2v) is 5.36. The summed E-state index contributed by atoms with van der Waals surface area (Å²) in [5, 5.41) is 4.07. The van der Waals surface area contributed by atoms with Gasteiger partial charge in [-0.3, -0.25) is 9.59 Å². The molecule has 1 aromatic heterocycles. The lowest BCUT2D eigenvalue weighted by Crippen LogP contribution is -2.42. The summed E-state index contributed by atoms with van der Waals surface area (Å²) in [5.41, 5.74) is 5.39. The topological polar surface area (TPSA) is 81.2 Å². The van der Waals surface area contributed by atoms with Crippen LogP contribution in [0.2, 0.25) is 0 Å². The van der Waals surface area contributed by atoms with Gasteiger partial charge in [-0.1, -0.05) is 12.1 Å². The predicted octanol–water partition coefficient (Wildman–Crippen LogP) is 1.52. The van der Waals surface area contributed by atoms with Crippen LogP contribution in [0.3, 0.4) is 0 Å². The maximum Gasteiger partial charge on any atom is 0.278 e. The minimum atomic E-state index is -0.543. The highest BCUT2D eigenvalue weighted by Gasteiger charge is 2.22. The molecule has 0 saturated heterocycles. The molecule has 0 saturated carbocycles. The Labute approximate surface area is 145 Å². The Morgan fingerprint density at radius 2 is 2.04 bits per heavy atom. The van der Waals surface area contributed by atoms with Crippen LogP contribution in [-0.2, 0) is 0 Å². The molecule has 0 fully saturated rings. The standard InChI is InChI=1S/C16H19FN4O2.ClH/c1-10-8-14(22)15(16(23)20(3)11(2)9-18)19-21(10)13-7-5-4-6-12(13)17;/h4-8,11H,9,18H2,1-3H3;1H. The van der Waals surface area contributed by atoms with E-state index in [1.165, 1.54) is 27.8 Å². The highest BCUT2D eigenvalue weighted by Crippen LogP contribution is 2.13. The van der Waals surface area contributed by atoms with Crippen molar-refractivity contribution in [1.82, 2.24) is 14.7 Å². The van der Waals surface area contributed by atoms with Gasteiger partial charge in [0.15, 0.2) is 5.69 Å². The highest BCUT2D eigenvalue weighted by molar-refractivity contribution is 5.92. The molecule has 1 unspecified atom stereocenters. The normalized spacial score (nSPS) is 11.5. The number of halogens is 2. The van der Waals surface area contributed by atoms with Crippen LogP contribution in [0.4, 0.5) is 4.39 Å². The number of hydrogen-bond acceptors (Lipinski definition) is 4. The van der Waals surface area contributed by atoms with Crippen molar-refractivity contribution >= 4 is 18.3 Å². The molecule has 1 atom stereocenters. The second kappa shape index (κ2) is 8.03. The predicted molar refractivity (Wildman–Crippen MR) is 92.4 cm³/mol. The number of para-hydroxylation sites is 1. The molecule has 0 spiro atoms. The van der Waals surface area contributed by atoms with Crippen LogP contribution in [0.15, 0.2) is 35.1 Å². The Balaban J connectivity index is 0.00000288. The van der Waals surface area contributed by atoms with E-state index in [4.69, 9.17) is 5.73 Å². The SMILES string of the molecule is Cc1cc(=O)c(C(=O)N(C)C(C)CN)nn1-c1ccccc1F.Cl. The summed E-state index contributed by atoms with van der Waals surface area (Å²) in [7, 11) is 1.55. The van der Waals surface area contributed by atoms with E-state index in [-0.39, 0.29) is 36.4 Å². The zero-order valence-electron chi connectivity index (χ0n) is 13.7.